The number of hydrogen-bond donors (Lipinski definition) is 3. The second kappa shape index (κ2) is 10.4. The number of aryl methyl sites for hydroxylation is 3. The largest absolute Gasteiger partial charge is 0.491 e. The zero-order chi connectivity index (χ0) is 24.1. The van der Waals surface area contributed by atoms with Crippen LogP contribution < -0.4 is 21.3 Å². The number of nitrogens with one attached hydrogen (secondary N) is 2. The fraction of sp³-hybridized carbons (Fsp3) is 0.391. The van der Waals surface area contributed by atoms with Crippen LogP contribution in [0.25, 0.3) is 11.2 Å². The molecular weight excluding hydrogens is 438 g/mol. The number of imidazole rings is 2. The zero-order valence-corrected chi connectivity index (χ0v) is 19.3. The Morgan fingerprint density at radius 1 is 1.29 bits per heavy atom. The van der Waals surface area contributed by atoms with Gasteiger partial charge in [-0.1, -0.05) is 19.1 Å². The number of benzene rings is 1. The van der Waals surface area contributed by atoms with Gasteiger partial charge in [0.1, 0.15) is 18.5 Å². The van der Waals surface area contributed by atoms with Gasteiger partial charge in [0.05, 0.1) is 12.9 Å². The molecule has 0 aliphatic heterocycles. The SMILES string of the molecule is CCc1cccc(OC[C@@H](O)Cn2c(NCCCn3ccnc3)nc3c2c(=O)[nH]c(=O)n3C)c1. The summed E-state index contributed by atoms with van der Waals surface area (Å²) in [6.45, 7) is 3.50. The Morgan fingerprint density at radius 2 is 2.15 bits per heavy atom. The second-order valence-electron chi connectivity index (χ2n) is 8.08. The third kappa shape index (κ3) is 5.20. The predicted molar refractivity (Wildman–Crippen MR) is 128 cm³/mol. The minimum Gasteiger partial charge on any atom is -0.491 e. The number of H-pyrrole nitrogens is 1. The van der Waals surface area contributed by atoms with E-state index in [9.17, 15) is 14.7 Å². The van der Waals surface area contributed by atoms with Gasteiger partial charge >= 0.3 is 5.69 Å². The first kappa shape index (κ1) is 23.3. The molecule has 0 spiro atoms. The number of hydrogen-bond acceptors (Lipinski definition) is 7. The zero-order valence-electron chi connectivity index (χ0n) is 19.3. The Balaban J connectivity index is 1.52. The van der Waals surface area contributed by atoms with E-state index in [1.54, 1.807) is 24.1 Å². The number of fused-ring (bicyclic) bond motifs is 1. The molecule has 3 N–H and O–H groups in total. The maximum absolute atomic E-state index is 12.6. The molecule has 180 valence electrons. The fourth-order valence-corrected chi connectivity index (χ4v) is 3.74. The lowest BCUT2D eigenvalue weighted by Gasteiger charge is -2.16. The maximum atomic E-state index is 12.6. The number of aliphatic hydroxyl groups excluding tert-OH is 1. The highest BCUT2D eigenvalue weighted by Gasteiger charge is 2.20. The van der Waals surface area contributed by atoms with Crippen LogP contribution in [-0.4, -0.2) is 53.0 Å². The van der Waals surface area contributed by atoms with Crippen molar-refractivity contribution >= 4 is 17.1 Å². The van der Waals surface area contributed by atoms with Crippen molar-refractivity contribution in [1.29, 1.82) is 0 Å². The number of aromatic nitrogens is 6. The number of nitrogens with zero attached hydrogens (tertiary/aromatic N) is 5. The molecule has 0 aliphatic rings. The molecule has 0 aliphatic carbocycles. The third-order valence-corrected chi connectivity index (χ3v) is 5.58. The number of anilines is 1. The van der Waals surface area contributed by atoms with Gasteiger partial charge in [0, 0.05) is 32.5 Å². The maximum Gasteiger partial charge on any atom is 0.329 e. The summed E-state index contributed by atoms with van der Waals surface area (Å²) in [5.74, 6) is 1.08. The summed E-state index contributed by atoms with van der Waals surface area (Å²) in [5, 5.41) is 13.9. The molecule has 0 saturated carbocycles. The van der Waals surface area contributed by atoms with Crippen molar-refractivity contribution in [2.45, 2.75) is 39.0 Å². The van der Waals surface area contributed by atoms with Crippen molar-refractivity contribution in [2.24, 2.45) is 7.05 Å². The topological polar surface area (TPSA) is 132 Å². The molecule has 1 aromatic carbocycles. The first-order valence-electron chi connectivity index (χ1n) is 11.2. The molecule has 3 heterocycles. The van der Waals surface area contributed by atoms with Gasteiger partial charge in [-0.15, -0.1) is 0 Å². The summed E-state index contributed by atoms with van der Waals surface area (Å²) in [6, 6.07) is 7.71. The summed E-state index contributed by atoms with van der Waals surface area (Å²) in [5.41, 5.74) is 0.498. The van der Waals surface area contributed by atoms with Crippen molar-refractivity contribution in [3.05, 3.63) is 69.4 Å². The summed E-state index contributed by atoms with van der Waals surface area (Å²) in [7, 11) is 1.54. The van der Waals surface area contributed by atoms with Crippen LogP contribution in [0.4, 0.5) is 5.95 Å². The Bertz CT molecular complexity index is 1350. The highest BCUT2D eigenvalue weighted by atomic mass is 16.5. The van der Waals surface area contributed by atoms with Gasteiger partial charge in [0.2, 0.25) is 5.95 Å². The predicted octanol–water partition coefficient (Wildman–Crippen LogP) is 1.12. The van der Waals surface area contributed by atoms with Gasteiger partial charge in [-0.3, -0.25) is 14.3 Å². The Labute approximate surface area is 195 Å². The molecule has 0 radical (unpaired) electrons. The standard InChI is InChI=1S/C23H29N7O4/c1-3-16-6-4-7-18(12-16)34-14-17(31)13-30-19-20(28(2)23(33)27-21(19)32)26-22(30)25-8-5-10-29-11-9-24-15-29/h4,6-7,9,11-12,15,17,31H,3,5,8,10,13-14H2,1-2H3,(H,25,26)(H,27,32,33)/t17-/m0/s1. The molecule has 0 fully saturated rings. The van der Waals surface area contributed by atoms with Crippen molar-refractivity contribution in [1.82, 2.24) is 28.7 Å². The van der Waals surface area contributed by atoms with Crippen LogP contribution in [0.2, 0.25) is 0 Å². The first-order valence-corrected chi connectivity index (χ1v) is 11.2. The molecular formula is C23H29N7O4. The minimum absolute atomic E-state index is 0.0383. The van der Waals surface area contributed by atoms with Crippen molar-refractivity contribution in [3.63, 3.8) is 0 Å². The van der Waals surface area contributed by atoms with E-state index in [1.807, 2.05) is 35.0 Å². The smallest absolute Gasteiger partial charge is 0.329 e. The van der Waals surface area contributed by atoms with Gasteiger partial charge in [-0.2, -0.15) is 4.98 Å². The molecule has 11 nitrogen and oxygen atoms in total. The molecule has 0 unspecified atom stereocenters. The van der Waals surface area contributed by atoms with Crippen molar-refractivity contribution in [2.75, 3.05) is 18.5 Å². The van der Waals surface area contributed by atoms with Gasteiger partial charge in [-0.25, -0.2) is 9.78 Å². The molecule has 3 aromatic heterocycles. The van der Waals surface area contributed by atoms with E-state index in [2.05, 4.69) is 27.2 Å². The van der Waals surface area contributed by atoms with Crippen molar-refractivity contribution in [3.8, 4) is 5.75 Å². The second-order valence-corrected chi connectivity index (χ2v) is 8.08. The molecule has 0 amide bonds. The van der Waals surface area contributed by atoms with Crippen LogP contribution in [-0.2, 0) is 26.6 Å². The minimum atomic E-state index is -0.911. The first-order chi connectivity index (χ1) is 16.5. The van der Waals surface area contributed by atoms with Crippen LogP contribution >= 0.6 is 0 Å². The normalized spacial score (nSPS) is 12.2. The van der Waals surface area contributed by atoms with E-state index in [0.29, 0.717) is 18.2 Å². The highest BCUT2D eigenvalue weighted by Crippen LogP contribution is 2.18. The van der Waals surface area contributed by atoms with Crippen LogP contribution in [0.3, 0.4) is 0 Å². The number of ether oxygens (including phenoxy) is 1. The van der Waals surface area contributed by atoms with E-state index in [4.69, 9.17) is 4.74 Å². The lowest BCUT2D eigenvalue weighted by Crippen LogP contribution is -2.31. The number of aliphatic hydroxyl groups is 1. The summed E-state index contributed by atoms with van der Waals surface area (Å²) >= 11 is 0. The van der Waals surface area contributed by atoms with Crippen molar-refractivity contribution < 1.29 is 9.84 Å². The molecule has 1 atom stereocenters. The Morgan fingerprint density at radius 3 is 2.91 bits per heavy atom. The molecule has 11 heteroatoms. The number of aromatic amines is 1. The molecule has 4 aromatic rings. The van der Waals surface area contributed by atoms with Crippen LogP contribution in [0.5, 0.6) is 5.75 Å². The molecule has 4 rings (SSSR count). The Kier molecular flexibility index (Phi) is 7.12. The van der Waals surface area contributed by atoms with Gasteiger partial charge in [0.15, 0.2) is 11.2 Å². The van der Waals surface area contributed by atoms with E-state index >= 15 is 0 Å². The number of rotatable bonds is 11. The van der Waals surface area contributed by atoms with Gasteiger partial charge in [-0.05, 0) is 30.5 Å². The lowest BCUT2D eigenvalue weighted by atomic mass is 10.2. The van der Waals surface area contributed by atoms with E-state index < -0.39 is 17.4 Å². The summed E-state index contributed by atoms with van der Waals surface area (Å²) in [6.07, 6.45) is 6.12. The monoisotopic (exact) mass is 467 g/mol. The average molecular weight is 468 g/mol. The Hall–Kier alpha value is -3.86. The lowest BCUT2D eigenvalue weighted by molar-refractivity contribution is 0.0938. The summed E-state index contributed by atoms with van der Waals surface area (Å²) < 4.78 is 10.6. The van der Waals surface area contributed by atoms with Gasteiger partial charge < -0.3 is 24.3 Å². The average Bonchev–Trinajstić information content (AvgIpc) is 3.48. The molecule has 0 saturated heterocycles. The quantitative estimate of drug-likeness (QED) is 0.282. The fourth-order valence-electron chi connectivity index (χ4n) is 3.74. The molecule has 34 heavy (non-hydrogen) atoms. The van der Waals surface area contributed by atoms with E-state index in [1.165, 1.54) is 4.57 Å². The third-order valence-electron chi connectivity index (χ3n) is 5.58. The van der Waals surface area contributed by atoms with Crippen LogP contribution in [0, 0.1) is 0 Å². The van der Waals surface area contributed by atoms with Crippen LogP contribution in [0.1, 0.15) is 18.9 Å². The van der Waals surface area contributed by atoms with E-state index in [0.717, 1.165) is 24.9 Å². The molecule has 0 bridgehead atoms. The van der Waals surface area contributed by atoms with E-state index in [-0.39, 0.29) is 24.3 Å². The highest BCUT2D eigenvalue weighted by molar-refractivity contribution is 5.74. The van der Waals surface area contributed by atoms with Gasteiger partial charge in [0.25, 0.3) is 5.56 Å². The van der Waals surface area contributed by atoms with Crippen LogP contribution in [0.15, 0.2) is 52.6 Å². The summed E-state index contributed by atoms with van der Waals surface area (Å²) in [4.78, 5) is 35.5.